The minimum atomic E-state index is -0.378. The Morgan fingerprint density at radius 2 is 2.06 bits per heavy atom. The van der Waals surface area contributed by atoms with E-state index in [1.54, 1.807) is 12.1 Å². The van der Waals surface area contributed by atoms with Gasteiger partial charge in [-0.2, -0.15) is 5.01 Å². The van der Waals surface area contributed by atoms with Crippen LogP contribution in [0.3, 0.4) is 0 Å². The van der Waals surface area contributed by atoms with Crippen LogP contribution in [-0.4, -0.2) is 27.8 Å². The monoisotopic (exact) mass is 588 g/mol. The molecular weight excluding hydrogens is 571 g/mol. The Morgan fingerprint density at radius 1 is 1.32 bits per heavy atom. The zero-order chi connectivity index (χ0) is 22.5. The van der Waals surface area contributed by atoms with Crippen molar-refractivity contribution in [2.45, 2.75) is 20.5 Å². The van der Waals surface area contributed by atoms with Gasteiger partial charge in [-0.15, -0.1) is 0 Å². The SMILES string of the molecule is CCOc1cc(C=C2SC(=S)N(NC(C)=O)C2=O)cc(I)c1OCc1ccccc1Cl. The number of hydrogen-bond donors (Lipinski definition) is 1. The van der Waals surface area contributed by atoms with Crippen molar-refractivity contribution < 1.29 is 19.1 Å². The molecule has 2 amide bonds. The van der Waals surface area contributed by atoms with Gasteiger partial charge in [0.05, 0.1) is 15.1 Å². The predicted octanol–water partition coefficient (Wildman–Crippen LogP) is 5.17. The average molecular weight is 589 g/mol. The summed E-state index contributed by atoms with van der Waals surface area (Å²) in [6.07, 6.45) is 1.71. The number of ether oxygens (including phenoxy) is 2. The number of rotatable bonds is 7. The molecule has 0 unspecified atom stereocenters. The smallest absolute Gasteiger partial charge is 0.285 e. The molecule has 0 bridgehead atoms. The van der Waals surface area contributed by atoms with Gasteiger partial charge in [-0.05, 0) is 71.6 Å². The fourth-order valence-electron chi connectivity index (χ4n) is 2.71. The van der Waals surface area contributed by atoms with Crippen LogP contribution in [0.5, 0.6) is 11.5 Å². The number of hydrogen-bond acceptors (Lipinski definition) is 6. The number of thioether (sulfide) groups is 1. The Kier molecular flexibility index (Phi) is 8.20. The summed E-state index contributed by atoms with van der Waals surface area (Å²) in [6, 6.07) is 11.2. The van der Waals surface area contributed by atoms with Crippen LogP contribution in [0.2, 0.25) is 5.02 Å². The molecule has 6 nitrogen and oxygen atoms in total. The van der Waals surface area contributed by atoms with Crippen molar-refractivity contribution in [2.75, 3.05) is 6.61 Å². The molecule has 0 aromatic heterocycles. The summed E-state index contributed by atoms with van der Waals surface area (Å²) in [5, 5.41) is 1.71. The minimum absolute atomic E-state index is 0.269. The first-order chi connectivity index (χ1) is 14.8. The van der Waals surface area contributed by atoms with Gasteiger partial charge in [-0.3, -0.25) is 15.0 Å². The number of benzene rings is 2. The first-order valence-corrected chi connectivity index (χ1v) is 11.9. The van der Waals surface area contributed by atoms with E-state index in [9.17, 15) is 9.59 Å². The van der Waals surface area contributed by atoms with Gasteiger partial charge in [0.1, 0.15) is 6.61 Å². The number of hydrazine groups is 1. The number of carbonyl (C=O) groups is 2. The van der Waals surface area contributed by atoms with Gasteiger partial charge in [0.25, 0.3) is 5.91 Å². The second-order valence-corrected chi connectivity index (χ2v) is 9.57. The standard InChI is InChI=1S/C21H18ClIN2O4S2/c1-3-28-17-9-13(10-18-20(27)25(21(30)31-18)24-12(2)26)8-16(23)19(17)29-11-14-6-4-5-7-15(14)22/h4-10H,3,11H2,1-2H3,(H,24,26). The molecule has 1 fully saturated rings. The molecule has 162 valence electrons. The lowest BCUT2D eigenvalue weighted by atomic mass is 10.1. The highest BCUT2D eigenvalue weighted by Gasteiger charge is 2.33. The van der Waals surface area contributed by atoms with Crippen molar-refractivity contribution in [3.8, 4) is 11.5 Å². The van der Waals surface area contributed by atoms with Crippen molar-refractivity contribution in [1.82, 2.24) is 10.4 Å². The normalized spacial score (nSPS) is 14.8. The highest BCUT2D eigenvalue weighted by atomic mass is 127. The second kappa shape index (κ2) is 10.7. The fourth-order valence-corrected chi connectivity index (χ4v) is 4.86. The third-order valence-electron chi connectivity index (χ3n) is 4.02. The summed E-state index contributed by atoms with van der Waals surface area (Å²) in [6.45, 7) is 3.95. The summed E-state index contributed by atoms with van der Waals surface area (Å²) >= 11 is 14.7. The highest BCUT2D eigenvalue weighted by Crippen LogP contribution is 2.38. The highest BCUT2D eigenvalue weighted by molar-refractivity contribution is 14.1. The average Bonchev–Trinajstić information content (AvgIpc) is 2.96. The van der Waals surface area contributed by atoms with Crippen LogP contribution in [0.15, 0.2) is 41.3 Å². The lowest BCUT2D eigenvalue weighted by Crippen LogP contribution is -2.43. The zero-order valence-corrected chi connectivity index (χ0v) is 21.2. The van der Waals surface area contributed by atoms with E-state index in [2.05, 4.69) is 28.0 Å². The number of halogens is 2. The zero-order valence-electron chi connectivity index (χ0n) is 16.6. The van der Waals surface area contributed by atoms with E-state index >= 15 is 0 Å². The van der Waals surface area contributed by atoms with E-state index in [0.29, 0.717) is 34.6 Å². The third kappa shape index (κ3) is 5.91. The molecular formula is C21H18ClIN2O4S2. The molecule has 0 spiro atoms. The number of carbonyl (C=O) groups excluding carboxylic acids is 2. The molecule has 1 N–H and O–H groups in total. The molecule has 1 aliphatic heterocycles. The van der Waals surface area contributed by atoms with Gasteiger partial charge in [0.2, 0.25) is 5.91 Å². The molecule has 1 saturated heterocycles. The van der Waals surface area contributed by atoms with Crippen LogP contribution in [-0.2, 0) is 16.2 Å². The van der Waals surface area contributed by atoms with Crippen molar-refractivity contribution in [2.24, 2.45) is 0 Å². The van der Waals surface area contributed by atoms with Crippen LogP contribution in [0.25, 0.3) is 6.08 Å². The van der Waals surface area contributed by atoms with E-state index in [1.807, 2.05) is 37.3 Å². The molecule has 0 saturated carbocycles. The molecule has 1 heterocycles. The van der Waals surface area contributed by atoms with E-state index in [4.69, 9.17) is 33.3 Å². The number of thiocarbonyl (C=S) groups is 1. The molecule has 1 aliphatic rings. The van der Waals surface area contributed by atoms with Crippen LogP contribution < -0.4 is 14.9 Å². The summed E-state index contributed by atoms with van der Waals surface area (Å²) in [5.74, 6) is 0.415. The lowest BCUT2D eigenvalue weighted by Gasteiger charge is -2.15. The molecule has 3 rings (SSSR count). The largest absolute Gasteiger partial charge is 0.490 e. The molecule has 2 aromatic carbocycles. The van der Waals surface area contributed by atoms with Gasteiger partial charge < -0.3 is 9.47 Å². The molecule has 31 heavy (non-hydrogen) atoms. The van der Waals surface area contributed by atoms with Crippen molar-refractivity contribution in [1.29, 1.82) is 0 Å². The molecule has 0 radical (unpaired) electrons. The Hall–Kier alpha value is -1.82. The van der Waals surface area contributed by atoms with Gasteiger partial charge in [-0.1, -0.05) is 41.6 Å². The quantitative estimate of drug-likeness (QED) is 0.273. The second-order valence-electron chi connectivity index (χ2n) is 6.33. The van der Waals surface area contributed by atoms with Crippen molar-refractivity contribution in [3.63, 3.8) is 0 Å². The lowest BCUT2D eigenvalue weighted by molar-refractivity contribution is -0.131. The van der Waals surface area contributed by atoms with Gasteiger partial charge in [0, 0.05) is 17.5 Å². The minimum Gasteiger partial charge on any atom is -0.490 e. The third-order valence-corrected chi connectivity index (χ3v) is 6.49. The molecule has 2 aromatic rings. The summed E-state index contributed by atoms with van der Waals surface area (Å²) in [7, 11) is 0. The maximum Gasteiger partial charge on any atom is 0.285 e. The van der Waals surface area contributed by atoms with Crippen molar-refractivity contribution >= 4 is 80.4 Å². The van der Waals surface area contributed by atoms with Gasteiger partial charge in [-0.25, -0.2) is 0 Å². The Bertz CT molecular complexity index is 1080. The number of nitrogens with one attached hydrogen (secondary N) is 1. The van der Waals surface area contributed by atoms with E-state index in [-0.39, 0.29) is 16.1 Å². The summed E-state index contributed by atoms with van der Waals surface area (Å²) in [4.78, 5) is 24.3. The van der Waals surface area contributed by atoms with E-state index in [0.717, 1.165) is 31.5 Å². The van der Waals surface area contributed by atoms with Crippen LogP contribution in [0.4, 0.5) is 0 Å². The van der Waals surface area contributed by atoms with Crippen LogP contribution in [0, 0.1) is 3.57 Å². The predicted molar refractivity (Wildman–Crippen MR) is 135 cm³/mol. The molecule has 10 heteroatoms. The number of amides is 2. The Balaban J connectivity index is 1.87. The molecule has 0 atom stereocenters. The summed E-state index contributed by atoms with van der Waals surface area (Å²) in [5.41, 5.74) is 4.05. The van der Waals surface area contributed by atoms with Crippen LogP contribution in [0.1, 0.15) is 25.0 Å². The maximum absolute atomic E-state index is 12.6. The van der Waals surface area contributed by atoms with Crippen molar-refractivity contribution in [3.05, 3.63) is 61.0 Å². The first kappa shape index (κ1) is 23.8. The first-order valence-electron chi connectivity index (χ1n) is 9.18. The molecule has 0 aliphatic carbocycles. The van der Waals surface area contributed by atoms with E-state index < -0.39 is 0 Å². The topological polar surface area (TPSA) is 67.9 Å². The maximum atomic E-state index is 12.6. The van der Waals surface area contributed by atoms with Crippen LogP contribution >= 0.6 is 58.2 Å². The Morgan fingerprint density at radius 3 is 2.74 bits per heavy atom. The van der Waals surface area contributed by atoms with Gasteiger partial charge >= 0.3 is 0 Å². The Labute approximate surface area is 208 Å². The number of nitrogens with zero attached hydrogens (tertiary/aromatic N) is 1. The summed E-state index contributed by atoms with van der Waals surface area (Å²) < 4.78 is 12.9. The fraction of sp³-hybridized carbons (Fsp3) is 0.190. The van der Waals surface area contributed by atoms with E-state index in [1.165, 1.54) is 6.92 Å². The van der Waals surface area contributed by atoms with Gasteiger partial charge in [0.15, 0.2) is 15.8 Å².